The van der Waals surface area contributed by atoms with Gasteiger partial charge in [-0.25, -0.2) is 0 Å². The standard InChI is InChI=1S/C12H26N2/c1-5-14(9-10(2)3)12-6-11(4)7-13-8-12/h10-13H,5-9H2,1-4H3. The molecule has 0 aromatic rings. The van der Waals surface area contributed by atoms with Crippen molar-refractivity contribution in [3.63, 3.8) is 0 Å². The van der Waals surface area contributed by atoms with Gasteiger partial charge in [0.2, 0.25) is 0 Å². The molecule has 0 aliphatic carbocycles. The van der Waals surface area contributed by atoms with Crippen LogP contribution in [0.15, 0.2) is 0 Å². The van der Waals surface area contributed by atoms with Crippen molar-refractivity contribution in [1.29, 1.82) is 0 Å². The van der Waals surface area contributed by atoms with Crippen LogP contribution < -0.4 is 5.32 Å². The van der Waals surface area contributed by atoms with E-state index >= 15 is 0 Å². The van der Waals surface area contributed by atoms with E-state index in [2.05, 4.69) is 37.9 Å². The summed E-state index contributed by atoms with van der Waals surface area (Å²) in [5, 5.41) is 3.53. The molecule has 0 bridgehead atoms. The number of nitrogens with zero attached hydrogens (tertiary/aromatic N) is 1. The van der Waals surface area contributed by atoms with Gasteiger partial charge in [0.15, 0.2) is 0 Å². The molecule has 0 radical (unpaired) electrons. The summed E-state index contributed by atoms with van der Waals surface area (Å²) in [6.07, 6.45) is 1.37. The highest BCUT2D eigenvalue weighted by Crippen LogP contribution is 2.16. The SMILES string of the molecule is CCN(CC(C)C)C1CNCC(C)C1. The maximum absolute atomic E-state index is 3.53. The Bertz CT molecular complexity index is 154. The Morgan fingerprint density at radius 1 is 1.36 bits per heavy atom. The fourth-order valence-corrected chi connectivity index (χ4v) is 2.41. The Morgan fingerprint density at radius 3 is 2.57 bits per heavy atom. The molecule has 0 aromatic carbocycles. The summed E-state index contributed by atoms with van der Waals surface area (Å²) in [5.41, 5.74) is 0. The smallest absolute Gasteiger partial charge is 0.0223 e. The van der Waals surface area contributed by atoms with Gasteiger partial charge in [-0.3, -0.25) is 4.90 Å². The van der Waals surface area contributed by atoms with E-state index in [9.17, 15) is 0 Å². The van der Waals surface area contributed by atoms with Crippen LogP contribution in [0.1, 0.15) is 34.1 Å². The summed E-state index contributed by atoms with van der Waals surface area (Å²) >= 11 is 0. The van der Waals surface area contributed by atoms with Crippen molar-refractivity contribution in [3.8, 4) is 0 Å². The van der Waals surface area contributed by atoms with Crippen molar-refractivity contribution < 1.29 is 0 Å². The molecule has 84 valence electrons. The normalized spacial score (nSPS) is 28.7. The molecule has 1 heterocycles. The van der Waals surface area contributed by atoms with E-state index < -0.39 is 0 Å². The summed E-state index contributed by atoms with van der Waals surface area (Å²) in [7, 11) is 0. The second-order valence-corrected chi connectivity index (χ2v) is 5.13. The Morgan fingerprint density at radius 2 is 2.07 bits per heavy atom. The number of nitrogens with one attached hydrogen (secondary N) is 1. The summed E-state index contributed by atoms with van der Waals surface area (Å²) < 4.78 is 0. The van der Waals surface area contributed by atoms with Crippen LogP contribution in [0.4, 0.5) is 0 Å². The van der Waals surface area contributed by atoms with Crippen molar-refractivity contribution in [2.75, 3.05) is 26.2 Å². The molecule has 0 amide bonds. The first kappa shape index (κ1) is 12.0. The van der Waals surface area contributed by atoms with Gasteiger partial charge in [0.1, 0.15) is 0 Å². The van der Waals surface area contributed by atoms with Crippen molar-refractivity contribution in [1.82, 2.24) is 10.2 Å². The van der Waals surface area contributed by atoms with Gasteiger partial charge < -0.3 is 5.32 Å². The van der Waals surface area contributed by atoms with Crippen LogP contribution in [-0.2, 0) is 0 Å². The molecule has 0 aromatic heterocycles. The Kier molecular flexibility index (Phi) is 4.90. The minimum absolute atomic E-state index is 0.770. The van der Waals surface area contributed by atoms with Crippen molar-refractivity contribution in [3.05, 3.63) is 0 Å². The van der Waals surface area contributed by atoms with E-state index in [1.807, 2.05) is 0 Å². The fraction of sp³-hybridized carbons (Fsp3) is 1.00. The number of hydrogen-bond acceptors (Lipinski definition) is 2. The first-order chi connectivity index (χ1) is 6.63. The highest BCUT2D eigenvalue weighted by Gasteiger charge is 2.23. The molecule has 2 atom stereocenters. The Labute approximate surface area is 89.1 Å². The van der Waals surface area contributed by atoms with E-state index in [1.165, 1.54) is 32.6 Å². The van der Waals surface area contributed by atoms with E-state index in [4.69, 9.17) is 0 Å². The van der Waals surface area contributed by atoms with E-state index in [1.54, 1.807) is 0 Å². The molecule has 0 spiro atoms. The van der Waals surface area contributed by atoms with Crippen LogP contribution in [0.2, 0.25) is 0 Å². The lowest BCUT2D eigenvalue weighted by molar-refractivity contribution is 0.137. The van der Waals surface area contributed by atoms with Crippen LogP contribution in [0.3, 0.4) is 0 Å². The second-order valence-electron chi connectivity index (χ2n) is 5.13. The molecule has 2 nitrogen and oxygen atoms in total. The fourth-order valence-electron chi connectivity index (χ4n) is 2.41. The van der Waals surface area contributed by atoms with Crippen LogP contribution in [0.5, 0.6) is 0 Å². The summed E-state index contributed by atoms with van der Waals surface area (Å²) in [4.78, 5) is 2.63. The average molecular weight is 198 g/mol. The first-order valence-electron chi connectivity index (χ1n) is 6.08. The topological polar surface area (TPSA) is 15.3 Å². The highest BCUT2D eigenvalue weighted by atomic mass is 15.2. The summed E-state index contributed by atoms with van der Waals surface area (Å²) in [5.74, 6) is 1.63. The third kappa shape index (κ3) is 3.58. The maximum atomic E-state index is 3.53. The lowest BCUT2D eigenvalue weighted by Crippen LogP contribution is -2.49. The predicted molar refractivity (Wildman–Crippen MR) is 62.5 cm³/mol. The second kappa shape index (κ2) is 5.72. The van der Waals surface area contributed by atoms with Gasteiger partial charge in [-0.2, -0.15) is 0 Å². The zero-order valence-electron chi connectivity index (χ0n) is 10.2. The van der Waals surface area contributed by atoms with E-state index in [0.717, 1.165) is 17.9 Å². The van der Waals surface area contributed by atoms with Crippen LogP contribution >= 0.6 is 0 Å². The van der Waals surface area contributed by atoms with Gasteiger partial charge in [-0.1, -0.05) is 27.7 Å². The number of hydrogen-bond donors (Lipinski definition) is 1. The average Bonchev–Trinajstić information content (AvgIpc) is 2.14. The minimum atomic E-state index is 0.770. The molecule has 1 N–H and O–H groups in total. The van der Waals surface area contributed by atoms with Crippen molar-refractivity contribution in [2.24, 2.45) is 11.8 Å². The zero-order chi connectivity index (χ0) is 10.6. The molecule has 1 aliphatic heterocycles. The van der Waals surface area contributed by atoms with Gasteiger partial charge in [0, 0.05) is 19.1 Å². The largest absolute Gasteiger partial charge is 0.315 e. The number of rotatable bonds is 4. The minimum Gasteiger partial charge on any atom is -0.315 e. The van der Waals surface area contributed by atoms with Crippen molar-refractivity contribution in [2.45, 2.75) is 40.2 Å². The molecular formula is C12H26N2. The number of likely N-dealkylation sites (N-methyl/N-ethyl adjacent to an activating group) is 1. The monoisotopic (exact) mass is 198 g/mol. The third-order valence-corrected chi connectivity index (χ3v) is 3.07. The van der Waals surface area contributed by atoms with Gasteiger partial charge >= 0.3 is 0 Å². The molecule has 0 saturated carbocycles. The molecular weight excluding hydrogens is 172 g/mol. The lowest BCUT2D eigenvalue weighted by atomic mass is 9.96. The molecule has 2 unspecified atom stereocenters. The van der Waals surface area contributed by atoms with Crippen LogP contribution in [0, 0.1) is 11.8 Å². The Hall–Kier alpha value is -0.0800. The quantitative estimate of drug-likeness (QED) is 0.743. The summed E-state index contributed by atoms with van der Waals surface area (Å²) in [6.45, 7) is 14.1. The van der Waals surface area contributed by atoms with Gasteiger partial charge in [-0.05, 0) is 31.3 Å². The lowest BCUT2D eigenvalue weighted by Gasteiger charge is -2.37. The maximum Gasteiger partial charge on any atom is 0.0223 e. The van der Waals surface area contributed by atoms with Crippen LogP contribution in [-0.4, -0.2) is 37.1 Å². The molecule has 1 fully saturated rings. The molecule has 1 saturated heterocycles. The van der Waals surface area contributed by atoms with Crippen molar-refractivity contribution >= 4 is 0 Å². The first-order valence-corrected chi connectivity index (χ1v) is 6.08. The predicted octanol–water partition coefficient (Wildman–Crippen LogP) is 1.96. The van der Waals surface area contributed by atoms with Gasteiger partial charge in [0.05, 0.1) is 0 Å². The summed E-state index contributed by atoms with van der Waals surface area (Å²) in [6, 6.07) is 0.770. The molecule has 14 heavy (non-hydrogen) atoms. The number of piperidine rings is 1. The highest BCUT2D eigenvalue weighted by molar-refractivity contribution is 4.81. The van der Waals surface area contributed by atoms with E-state index in [-0.39, 0.29) is 0 Å². The van der Waals surface area contributed by atoms with Crippen LogP contribution in [0.25, 0.3) is 0 Å². The zero-order valence-corrected chi connectivity index (χ0v) is 10.2. The Balaban J connectivity index is 2.42. The van der Waals surface area contributed by atoms with Gasteiger partial charge in [0.25, 0.3) is 0 Å². The van der Waals surface area contributed by atoms with Gasteiger partial charge in [-0.15, -0.1) is 0 Å². The third-order valence-electron chi connectivity index (χ3n) is 3.07. The van der Waals surface area contributed by atoms with E-state index in [0.29, 0.717) is 0 Å². The molecule has 1 rings (SSSR count). The molecule has 2 heteroatoms. The molecule has 1 aliphatic rings.